The Labute approximate surface area is 149 Å². The van der Waals surface area contributed by atoms with Gasteiger partial charge in [-0.05, 0) is 79.0 Å². The normalized spacial score (nSPS) is 25.0. The van der Waals surface area contributed by atoms with E-state index in [4.69, 9.17) is 0 Å². The Morgan fingerprint density at radius 3 is 1.62 bits per heavy atom. The van der Waals surface area contributed by atoms with Crippen molar-refractivity contribution in [1.29, 1.82) is 0 Å². The first kappa shape index (κ1) is 16.7. The fraction of sp³-hybridized carbons (Fsp3) is 0.750. The van der Waals surface area contributed by atoms with Crippen molar-refractivity contribution >= 4 is 0 Å². The Kier molecular flexibility index (Phi) is 5.60. The summed E-state index contributed by atoms with van der Waals surface area (Å²) in [5.41, 5.74) is 4.95. The van der Waals surface area contributed by atoms with E-state index in [-0.39, 0.29) is 0 Å². The molecule has 1 aromatic carbocycles. The summed E-state index contributed by atoms with van der Waals surface area (Å²) in [4.78, 5) is 0. The standard InChI is InChI=1S/C24H35/c1-4-10-19(11-5-1)22-16-17-23(20-12-6-2-7-13-20)24(18-22)21-14-8-3-9-15-21/h16-17,19-21H,1-15H2. The maximum Gasteiger partial charge on any atom is -0.0105 e. The molecule has 0 spiro atoms. The van der Waals surface area contributed by atoms with Gasteiger partial charge in [-0.3, -0.25) is 0 Å². The van der Waals surface area contributed by atoms with E-state index in [0.717, 1.165) is 17.8 Å². The summed E-state index contributed by atoms with van der Waals surface area (Å²) in [5, 5.41) is 0. The molecule has 0 aliphatic heterocycles. The molecule has 1 aromatic rings. The zero-order valence-electron chi connectivity index (χ0n) is 15.5. The smallest absolute Gasteiger partial charge is 0.0105 e. The monoisotopic (exact) mass is 323 g/mol. The van der Waals surface area contributed by atoms with Gasteiger partial charge in [0.05, 0.1) is 0 Å². The average Bonchev–Trinajstić information content (AvgIpc) is 2.69. The molecule has 0 atom stereocenters. The van der Waals surface area contributed by atoms with E-state index in [1.165, 1.54) is 96.3 Å². The van der Waals surface area contributed by atoms with Crippen molar-refractivity contribution in [2.75, 3.05) is 0 Å². The van der Waals surface area contributed by atoms with Gasteiger partial charge in [0.25, 0.3) is 0 Å². The summed E-state index contributed by atoms with van der Waals surface area (Å²) in [7, 11) is 0. The second kappa shape index (κ2) is 8.07. The van der Waals surface area contributed by atoms with Crippen LogP contribution in [-0.2, 0) is 0 Å². The Balaban J connectivity index is 1.63. The van der Waals surface area contributed by atoms with Crippen LogP contribution < -0.4 is 0 Å². The van der Waals surface area contributed by atoms with Gasteiger partial charge < -0.3 is 0 Å². The van der Waals surface area contributed by atoms with Crippen LogP contribution in [0.2, 0.25) is 0 Å². The highest BCUT2D eigenvalue weighted by Crippen LogP contribution is 2.43. The summed E-state index contributed by atoms with van der Waals surface area (Å²) >= 11 is 0. The lowest BCUT2D eigenvalue weighted by molar-refractivity contribution is 0.415. The van der Waals surface area contributed by atoms with Crippen LogP contribution in [0.3, 0.4) is 0 Å². The Morgan fingerprint density at radius 2 is 1.04 bits per heavy atom. The van der Waals surface area contributed by atoms with Crippen molar-refractivity contribution in [2.45, 2.75) is 114 Å². The number of hydrogen-bond acceptors (Lipinski definition) is 0. The van der Waals surface area contributed by atoms with E-state index in [2.05, 4.69) is 18.2 Å². The highest BCUT2D eigenvalue weighted by atomic mass is 14.3. The highest BCUT2D eigenvalue weighted by Gasteiger charge is 2.26. The third-order valence-electron chi connectivity index (χ3n) is 7.14. The van der Waals surface area contributed by atoms with Gasteiger partial charge in [0, 0.05) is 0 Å². The Hall–Kier alpha value is -0.780. The largest absolute Gasteiger partial charge is 0.0581 e. The predicted octanol–water partition coefficient (Wildman–Crippen LogP) is 7.63. The molecule has 0 unspecified atom stereocenters. The molecule has 0 aromatic heterocycles. The van der Waals surface area contributed by atoms with Crippen molar-refractivity contribution < 1.29 is 0 Å². The van der Waals surface area contributed by atoms with Gasteiger partial charge in [0.2, 0.25) is 0 Å². The molecule has 3 saturated carbocycles. The zero-order valence-corrected chi connectivity index (χ0v) is 15.5. The van der Waals surface area contributed by atoms with Crippen LogP contribution in [0, 0.1) is 6.07 Å². The van der Waals surface area contributed by atoms with Crippen LogP contribution in [0.4, 0.5) is 0 Å². The van der Waals surface area contributed by atoms with Crippen molar-refractivity contribution in [3.8, 4) is 0 Å². The predicted molar refractivity (Wildman–Crippen MR) is 103 cm³/mol. The van der Waals surface area contributed by atoms with Gasteiger partial charge in [-0.1, -0.05) is 69.9 Å². The SMILES string of the molecule is [c]1c(C2CCCCC2)ccc(C2CCCCC2)c1C1CCCCC1. The first-order valence-corrected chi connectivity index (χ1v) is 11.0. The van der Waals surface area contributed by atoms with E-state index in [0.29, 0.717) is 0 Å². The van der Waals surface area contributed by atoms with Gasteiger partial charge in [0.1, 0.15) is 0 Å². The molecule has 3 aliphatic rings. The summed E-state index contributed by atoms with van der Waals surface area (Å²) in [6, 6.07) is 9.08. The Morgan fingerprint density at radius 1 is 0.542 bits per heavy atom. The van der Waals surface area contributed by atoms with Gasteiger partial charge in [-0.15, -0.1) is 0 Å². The molecule has 0 N–H and O–H groups in total. The maximum atomic E-state index is 4.05. The maximum absolute atomic E-state index is 4.05. The van der Waals surface area contributed by atoms with Crippen molar-refractivity contribution in [3.63, 3.8) is 0 Å². The number of benzene rings is 1. The van der Waals surface area contributed by atoms with E-state index >= 15 is 0 Å². The molecule has 0 heterocycles. The van der Waals surface area contributed by atoms with Gasteiger partial charge in [-0.25, -0.2) is 0 Å². The van der Waals surface area contributed by atoms with Crippen LogP contribution in [0.5, 0.6) is 0 Å². The van der Waals surface area contributed by atoms with E-state index in [1.807, 2.05) is 0 Å². The molecule has 131 valence electrons. The molecule has 4 rings (SSSR count). The molecule has 0 amide bonds. The summed E-state index contributed by atoms with van der Waals surface area (Å²) in [5.74, 6) is 2.47. The van der Waals surface area contributed by atoms with E-state index in [1.54, 1.807) is 16.7 Å². The second-order valence-electron chi connectivity index (χ2n) is 8.79. The van der Waals surface area contributed by atoms with Crippen LogP contribution in [0.1, 0.15) is 131 Å². The minimum Gasteiger partial charge on any atom is -0.0581 e. The third kappa shape index (κ3) is 3.73. The Bertz CT molecular complexity index is 511. The lowest BCUT2D eigenvalue weighted by Crippen LogP contribution is -2.14. The fourth-order valence-electron chi connectivity index (χ4n) is 5.69. The summed E-state index contributed by atoms with van der Waals surface area (Å²) in [6.07, 6.45) is 21.5. The van der Waals surface area contributed by atoms with Crippen LogP contribution in [0.15, 0.2) is 12.1 Å². The van der Waals surface area contributed by atoms with Crippen molar-refractivity contribution in [2.24, 2.45) is 0 Å². The minimum absolute atomic E-state index is 0.807. The lowest BCUT2D eigenvalue weighted by atomic mass is 9.74. The molecule has 24 heavy (non-hydrogen) atoms. The second-order valence-corrected chi connectivity index (χ2v) is 8.79. The molecule has 0 saturated heterocycles. The molecule has 3 fully saturated rings. The third-order valence-corrected chi connectivity index (χ3v) is 7.14. The van der Waals surface area contributed by atoms with Crippen molar-refractivity contribution in [1.82, 2.24) is 0 Å². The fourth-order valence-corrected chi connectivity index (χ4v) is 5.69. The average molecular weight is 324 g/mol. The van der Waals surface area contributed by atoms with E-state index < -0.39 is 0 Å². The van der Waals surface area contributed by atoms with Gasteiger partial charge in [-0.2, -0.15) is 0 Å². The summed E-state index contributed by atoms with van der Waals surface area (Å²) < 4.78 is 0. The lowest BCUT2D eigenvalue weighted by Gasteiger charge is -2.31. The zero-order chi connectivity index (χ0) is 16.2. The molecule has 0 bridgehead atoms. The first-order chi connectivity index (χ1) is 11.9. The van der Waals surface area contributed by atoms with Crippen LogP contribution >= 0.6 is 0 Å². The van der Waals surface area contributed by atoms with Crippen LogP contribution in [-0.4, -0.2) is 0 Å². The summed E-state index contributed by atoms with van der Waals surface area (Å²) in [6.45, 7) is 0. The number of rotatable bonds is 3. The minimum atomic E-state index is 0.807. The molecule has 1 radical (unpaired) electrons. The molecular formula is C24H35. The molecular weight excluding hydrogens is 288 g/mol. The number of hydrogen-bond donors (Lipinski definition) is 0. The van der Waals surface area contributed by atoms with Gasteiger partial charge >= 0.3 is 0 Å². The van der Waals surface area contributed by atoms with Gasteiger partial charge in [0.15, 0.2) is 0 Å². The highest BCUT2D eigenvalue weighted by molar-refractivity contribution is 5.38. The molecule has 0 nitrogen and oxygen atoms in total. The first-order valence-electron chi connectivity index (χ1n) is 11.0. The van der Waals surface area contributed by atoms with Crippen LogP contribution in [0.25, 0.3) is 0 Å². The van der Waals surface area contributed by atoms with E-state index in [9.17, 15) is 0 Å². The van der Waals surface area contributed by atoms with Crippen molar-refractivity contribution in [3.05, 3.63) is 34.9 Å². The molecule has 0 heteroatoms. The molecule has 3 aliphatic carbocycles. The quantitative estimate of drug-likeness (QED) is 0.536. The topological polar surface area (TPSA) is 0 Å².